The van der Waals surface area contributed by atoms with Crippen LogP contribution in [-0.4, -0.2) is 32.6 Å². The van der Waals surface area contributed by atoms with Gasteiger partial charge in [-0.25, -0.2) is 0 Å². The highest BCUT2D eigenvalue weighted by Crippen LogP contribution is 2.66. The molecule has 5 atom stereocenters. The van der Waals surface area contributed by atoms with Crippen LogP contribution < -0.4 is 15.6 Å². The normalized spacial score (nSPS) is 32.4. The molecule has 3 aromatic rings. The Morgan fingerprint density at radius 1 is 1.21 bits per heavy atom. The summed E-state index contributed by atoms with van der Waals surface area (Å²) in [5.41, 5.74) is 4.42. The van der Waals surface area contributed by atoms with Gasteiger partial charge in [0.25, 0.3) is 5.56 Å². The van der Waals surface area contributed by atoms with Gasteiger partial charge in [0.2, 0.25) is 0 Å². The van der Waals surface area contributed by atoms with Crippen LogP contribution in [0.1, 0.15) is 39.0 Å². The molecule has 0 aliphatic heterocycles. The molecular formula is C26H32N4O2S. The van der Waals surface area contributed by atoms with Crippen LogP contribution in [0.2, 0.25) is 0 Å². The van der Waals surface area contributed by atoms with Crippen LogP contribution in [0.3, 0.4) is 0 Å². The molecule has 174 valence electrons. The summed E-state index contributed by atoms with van der Waals surface area (Å²) >= 11 is 1.56. The predicted octanol–water partition coefficient (Wildman–Crippen LogP) is 4.97. The zero-order chi connectivity index (χ0) is 23.0. The molecule has 3 aliphatic rings. The maximum Gasteiger partial charge on any atom is 0.274 e. The van der Waals surface area contributed by atoms with Gasteiger partial charge in [-0.3, -0.25) is 4.79 Å². The van der Waals surface area contributed by atoms with Crippen molar-refractivity contribution in [3.8, 4) is 11.1 Å². The Morgan fingerprint density at radius 3 is 2.88 bits per heavy atom. The molecule has 0 radical (unpaired) electrons. The highest BCUT2D eigenvalue weighted by Gasteiger charge is 2.64. The van der Waals surface area contributed by atoms with Gasteiger partial charge in [-0.2, -0.15) is 0 Å². The summed E-state index contributed by atoms with van der Waals surface area (Å²) in [4.78, 5) is 15.8. The zero-order valence-electron chi connectivity index (χ0n) is 19.4. The molecule has 3 fully saturated rings. The van der Waals surface area contributed by atoms with Crippen LogP contribution in [0.25, 0.3) is 22.0 Å². The maximum atomic E-state index is 12.7. The number of anilines is 2. The number of aryl methyl sites for hydroxylation is 1. The highest BCUT2D eigenvalue weighted by molar-refractivity contribution is 7.99. The lowest BCUT2D eigenvalue weighted by Gasteiger charge is -2.39. The lowest BCUT2D eigenvalue weighted by molar-refractivity contribution is -0.00645. The zero-order valence-corrected chi connectivity index (χ0v) is 20.3. The summed E-state index contributed by atoms with van der Waals surface area (Å²) in [5.74, 6) is 1.27. The number of benzene rings is 1. The molecule has 33 heavy (non-hydrogen) atoms. The molecule has 5 unspecified atom stereocenters. The third kappa shape index (κ3) is 3.16. The lowest BCUT2D eigenvalue weighted by atomic mass is 9.70. The minimum atomic E-state index is -0.531. The molecular weight excluding hydrogens is 432 g/mol. The molecule has 2 aromatic heterocycles. The number of rotatable bonds is 5. The fourth-order valence-corrected chi connectivity index (χ4v) is 7.83. The molecule has 1 aromatic carbocycles. The summed E-state index contributed by atoms with van der Waals surface area (Å²) in [6.45, 7) is 2.38. The first-order chi connectivity index (χ1) is 15.8. The molecule has 0 saturated heterocycles. The predicted molar refractivity (Wildman–Crippen MR) is 137 cm³/mol. The van der Waals surface area contributed by atoms with Crippen molar-refractivity contribution in [3.05, 3.63) is 47.0 Å². The summed E-state index contributed by atoms with van der Waals surface area (Å²) in [6, 6.07) is 8.65. The minimum Gasteiger partial charge on any atom is -0.390 e. The summed E-state index contributed by atoms with van der Waals surface area (Å²) in [6.07, 6.45) is 10.9. The topological polar surface area (TPSA) is 82.1 Å². The van der Waals surface area contributed by atoms with E-state index in [1.807, 2.05) is 24.7 Å². The second kappa shape index (κ2) is 7.31. The van der Waals surface area contributed by atoms with Crippen molar-refractivity contribution in [1.82, 2.24) is 9.55 Å². The van der Waals surface area contributed by atoms with E-state index in [4.69, 9.17) is 0 Å². The molecule has 6 nitrogen and oxygen atoms in total. The molecule has 4 N–H and O–H groups in total. The molecule has 6 rings (SSSR count). The number of nitrogens with zero attached hydrogens (tertiary/aromatic N) is 1. The number of hydrogen-bond donors (Lipinski definition) is 4. The number of aromatic amines is 1. The van der Waals surface area contributed by atoms with E-state index in [1.165, 1.54) is 12.8 Å². The van der Waals surface area contributed by atoms with Gasteiger partial charge in [0.1, 0.15) is 5.52 Å². The fourth-order valence-electron chi connectivity index (χ4n) is 7.47. The van der Waals surface area contributed by atoms with Crippen molar-refractivity contribution in [3.63, 3.8) is 0 Å². The Hall–Kier alpha value is -2.38. The van der Waals surface area contributed by atoms with E-state index >= 15 is 0 Å². The standard InChI is InChI=1S/C26H32N4O2S/c1-15-8-16-10-25(32)12-22(26(15,11-16)14-25)28-21-5-4-17(29-33-3)9-19(21)20-13-30(2)24(31)23-18(20)6-7-27-23/h4-7,9,13,15-16,22,27-29,32H,8,10-12,14H2,1-3H3. The number of pyridine rings is 1. The Kier molecular flexibility index (Phi) is 4.69. The number of hydrogen-bond acceptors (Lipinski definition) is 5. The Balaban J connectivity index is 1.48. The molecule has 3 saturated carbocycles. The first kappa shape index (κ1) is 21.2. The molecule has 2 heterocycles. The summed E-state index contributed by atoms with van der Waals surface area (Å²) in [5, 5.41) is 16.2. The van der Waals surface area contributed by atoms with Gasteiger partial charge in [-0.15, -0.1) is 0 Å². The maximum absolute atomic E-state index is 12.7. The monoisotopic (exact) mass is 464 g/mol. The smallest absolute Gasteiger partial charge is 0.274 e. The van der Waals surface area contributed by atoms with Crippen LogP contribution in [0, 0.1) is 17.3 Å². The number of aromatic nitrogens is 2. The van der Waals surface area contributed by atoms with Crippen molar-refractivity contribution in [2.75, 3.05) is 16.3 Å². The number of nitrogens with one attached hydrogen (secondary N) is 3. The van der Waals surface area contributed by atoms with Gasteiger partial charge in [0.05, 0.1) is 5.60 Å². The average molecular weight is 465 g/mol. The van der Waals surface area contributed by atoms with Crippen LogP contribution in [0.5, 0.6) is 0 Å². The van der Waals surface area contributed by atoms with Gasteiger partial charge in [0.15, 0.2) is 0 Å². The van der Waals surface area contributed by atoms with Gasteiger partial charge in [-0.1, -0.05) is 18.9 Å². The van der Waals surface area contributed by atoms with E-state index in [0.717, 1.165) is 47.2 Å². The number of H-pyrrole nitrogens is 1. The van der Waals surface area contributed by atoms with Gasteiger partial charge in [0, 0.05) is 59.6 Å². The van der Waals surface area contributed by atoms with Crippen LogP contribution in [0.4, 0.5) is 11.4 Å². The Bertz CT molecular complexity index is 1300. The molecule has 0 amide bonds. The van der Waals surface area contributed by atoms with E-state index in [0.29, 0.717) is 17.4 Å². The third-order valence-corrected chi connectivity index (χ3v) is 9.14. The lowest BCUT2D eigenvalue weighted by Crippen LogP contribution is -2.39. The quantitative estimate of drug-likeness (QED) is 0.401. The highest BCUT2D eigenvalue weighted by atomic mass is 32.2. The fraction of sp³-hybridized carbons (Fsp3) is 0.500. The first-order valence-corrected chi connectivity index (χ1v) is 13.1. The molecule has 1 spiro atoms. The number of fused-ring (bicyclic) bond motifs is 3. The molecule has 3 aliphatic carbocycles. The van der Waals surface area contributed by atoms with Crippen LogP contribution in [-0.2, 0) is 7.05 Å². The van der Waals surface area contributed by atoms with E-state index < -0.39 is 5.60 Å². The SMILES string of the molecule is CSNc1ccc(NC2CC3(O)CC4CC(C)C2(C4)C3)c(-c2cn(C)c(=O)c3[nH]ccc23)c1. The van der Waals surface area contributed by atoms with Crippen molar-refractivity contribution in [1.29, 1.82) is 0 Å². The third-order valence-electron chi connectivity index (χ3n) is 8.70. The second-order valence-corrected chi connectivity index (χ2v) is 11.4. The first-order valence-electron chi connectivity index (χ1n) is 11.9. The van der Waals surface area contributed by atoms with E-state index in [2.05, 4.69) is 40.1 Å². The van der Waals surface area contributed by atoms with E-state index in [-0.39, 0.29) is 17.0 Å². The van der Waals surface area contributed by atoms with Gasteiger partial charge in [-0.05, 0) is 73.6 Å². The van der Waals surface area contributed by atoms with Crippen LogP contribution in [0.15, 0.2) is 41.5 Å². The van der Waals surface area contributed by atoms with Crippen LogP contribution >= 0.6 is 11.9 Å². The van der Waals surface area contributed by atoms with Gasteiger partial charge >= 0.3 is 0 Å². The number of aliphatic hydroxyl groups is 1. The van der Waals surface area contributed by atoms with Crippen molar-refractivity contribution in [2.24, 2.45) is 24.3 Å². The largest absolute Gasteiger partial charge is 0.390 e. The van der Waals surface area contributed by atoms with Crippen molar-refractivity contribution in [2.45, 2.75) is 50.7 Å². The van der Waals surface area contributed by atoms with Crippen molar-refractivity contribution >= 4 is 34.2 Å². The van der Waals surface area contributed by atoms with E-state index in [1.54, 1.807) is 23.6 Å². The summed E-state index contributed by atoms with van der Waals surface area (Å²) in [7, 11) is 1.80. The Labute approximate surface area is 198 Å². The molecule has 3 bridgehead atoms. The Morgan fingerprint density at radius 2 is 2.06 bits per heavy atom. The molecule has 7 heteroatoms. The summed E-state index contributed by atoms with van der Waals surface area (Å²) < 4.78 is 5.01. The van der Waals surface area contributed by atoms with Crippen molar-refractivity contribution < 1.29 is 5.11 Å². The average Bonchev–Trinajstić information content (AvgIpc) is 3.40. The van der Waals surface area contributed by atoms with Gasteiger partial charge < -0.3 is 24.7 Å². The minimum absolute atomic E-state index is 0.0248. The van der Waals surface area contributed by atoms with E-state index in [9.17, 15) is 9.90 Å². The second-order valence-electron chi connectivity index (χ2n) is 10.7.